The molecule has 1 N–H and O–H groups in total. The lowest BCUT2D eigenvalue weighted by Gasteiger charge is -2.25. The van der Waals surface area contributed by atoms with Crippen LogP contribution in [0.15, 0.2) is 48.5 Å². The van der Waals surface area contributed by atoms with Gasteiger partial charge in [0.05, 0.1) is 11.3 Å². The summed E-state index contributed by atoms with van der Waals surface area (Å²) in [7, 11) is 0. The van der Waals surface area contributed by atoms with Crippen molar-refractivity contribution >= 4 is 35.0 Å². The second kappa shape index (κ2) is 7.03. The molecule has 0 unspecified atom stereocenters. The zero-order valence-corrected chi connectivity index (χ0v) is 14.5. The van der Waals surface area contributed by atoms with Crippen LogP contribution in [-0.4, -0.2) is 17.6 Å². The average Bonchev–Trinajstić information content (AvgIpc) is 2.95. The number of hydrogen-bond acceptors (Lipinski definition) is 3. The standard InChI is InChI=1S/C18H15F3N2O2S/c1-11(24)22-14-4-2-3-12(9-14)17-23(16(25)10-26-17)15-7-5-13(6-8-15)18(19,20)21/h2-9,17H,10H2,1H3,(H,22,24)/t17-/m1/s1. The van der Waals surface area contributed by atoms with Gasteiger partial charge in [-0.3, -0.25) is 14.5 Å². The maximum Gasteiger partial charge on any atom is 0.416 e. The number of thioether (sulfide) groups is 1. The van der Waals surface area contributed by atoms with Gasteiger partial charge >= 0.3 is 6.18 Å². The first-order valence-corrected chi connectivity index (χ1v) is 8.79. The number of nitrogens with zero attached hydrogens (tertiary/aromatic N) is 1. The fourth-order valence-electron chi connectivity index (χ4n) is 2.73. The van der Waals surface area contributed by atoms with Gasteiger partial charge in [-0.2, -0.15) is 13.2 Å². The third kappa shape index (κ3) is 3.85. The third-order valence-corrected chi connectivity index (χ3v) is 5.05. The predicted octanol–water partition coefficient (Wildman–Crippen LogP) is 4.44. The summed E-state index contributed by atoms with van der Waals surface area (Å²) < 4.78 is 38.2. The SMILES string of the molecule is CC(=O)Nc1cccc([C@H]2SCC(=O)N2c2ccc(C(F)(F)F)cc2)c1. The molecule has 0 saturated carbocycles. The van der Waals surface area contributed by atoms with E-state index in [0.29, 0.717) is 11.4 Å². The number of rotatable bonds is 3. The van der Waals surface area contributed by atoms with Crippen LogP contribution >= 0.6 is 11.8 Å². The van der Waals surface area contributed by atoms with Crippen LogP contribution in [-0.2, 0) is 15.8 Å². The van der Waals surface area contributed by atoms with Crippen LogP contribution in [0, 0.1) is 0 Å². The molecule has 2 aromatic rings. The Bertz CT molecular complexity index is 837. The van der Waals surface area contributed by atoms with Gasteiger partial charge in [0, 0.05) is 18.3 Å². The van der Waals surface area contributed by atoms with Crippen LogP contribution in [0.2, 0.25) is 0 Å². The summed E-state index contributed by atoms with van der Waals surface area (Å²) in [5.41, 5.74) is 1.03. The molecule has 1 fully saturated rings. The molecule has 0 aliphatic carbocycles. The number of halogens is 3. The van der Waals surface area contributed by atoms with E-state index in [2.05, 4.69) is 5.32 Å². The Hall–Kier alpha value is -2.48. The Morgan fingerprint density at radius 2 is 1.88 bits per heavy atom. The summed E-state index contributed by atoms with van der Waals surface area (Å²) in [5.74, 6) is -0.155. The molecule has 1 aliphatic rings. The van der Waals surface area contributed by atoms with Crippen LogP contribution in [0.5, 0.6) is 0 Å². The van der Waals surface area contributed by atoms with E-state index in [1.807, 2.05) is 6.07 Å². The molecule has 0 bridgehead atoms. The molecule has 2 aromatic carbocycles. The first-order chi connectivity index (χ1) is 12.3. The molecular weight excluding hydrogens is 365 g/mol. The molecule has 0 aromatic heterocycles. The molecule has 4 nitrogen and oxygen atoms in total. The number of nitrogens with one attached hydrogen (secondary N) is 1. The third-order valence-electron chi connectivity index (χ3n) is 3.83. The van der Waals surface area contributed by atoms with E-state index < -0.39 is 11.7 Å². The van der Waals surface area contributed by atoms with Crippen LogP contribution in [0.1, 0.15) is 23.4 Å². The van der Waals surface area contributed by atoms with E-state index in [4.69, 9.17) is 0 Å². The maximum absolute atomic E-state index is 12.7. The van der Waals surface area contributed by atoms with Crippen molar-refractivity contribution in [3.63, 3.8) is 0 Å². The van der Waals surface area contributed by atoms with Gasteiger partial charge in [0.2, 0.25) is 11.8 Å². The second-order valence-corrected chi connectivity index (χ2v) is 6.85. The summed E-state index contributed by atoms with van der Waals surface area (Å²) in [6.45, 7) is 1.40. The highest BCUT2D eigenvalue weighted by atomic mass is 32.2. The van der Waals surface area contributed by atoms with Crippen LogP contribution in [0.4, 0.5) is 24.5 Å². The van der Waals surface area contributed by atoms with Crippen LogP contribution in [0.25, 0.3) is 0 Å². The molecule has 1 atom stereocenters. The van der Waals surface area contributed by atoms with E-state index in [1.54, 1.807) is 18.2 Å². The minimum absolute atomic E-state index is 0.176. The molecule has 26 heavy (non-hydrogen) atoms. The van der Waals surface area contributed by atoms with Gasteiger partial charge in [0.15, 0.2) is 0 Å². The monoisotopic (exact) mass is 380 g/mol. The average molecular weight is 380 g/mol. The van der Waals surface area contributed by atoms with Crippen LogP contribution in [0.3, 0.4) is 0 Å². The molecule has 2 amide bonds. The molecular formula is C18H15F3N2O2S. The highest BCUT2D eigenvalue weighted by Crippen LogP contribution is 2.42. The quantitative estimate of drug-likeness (QED) is 0.856. The van der Waals surface area contributed by atoms with Crippen molar-refractivity contribution in [2.24, 2.45) is 0 Å². The van der Waals surface area contributed by atoms with Crippen molar-refractivity contribution in [1.29, 1.82) is 0 Å². The minimum Gasteiger partial charge on any atom is -0.326 e. The van der Waals surface area contributed by atoms with E-state index in [1.165, 1.54) is 35.7 Å². The van der Waals surface area contributed by atoms with Gasteiger partial charge in [-0.1, -0.05) is 12.1 Å². The zero-order chi connectivity index (χ0) is 18.9. The lowest BCUT2D eigenvalue weighted by Crippen LogP contribution is -2.28. The van der Waals surface area contributed by atoms with Crippen molar-refractivity contribution < 1.29 is 22.8 Å². The summed E-state index contributed by atoms with van der Waals surface area (Å²) >= 11 is 1.39. The highest BCUT2D eigenvalue weighted by molar-refractivity contribution is 8.00. The highest BCUT2D eigenvalue weighted by Gasteiger charge is 2.35. The molecule has 1 heterocycles. The summed E-state index contributed by atoms with van der Waals surface area (Å²) in [4.78, 5) is 25.0. The Kier molecular flexibility index (Phi) is 4.95. The van der Waals surface area contributed by atoms with Gasteiger partial charge in [-0.15, -0.1) is 11.8 Å². The Balaban J connectivity index is 1.91. The van der Waals surface area contributed by atoms with Gasteiger partial charge in [0.1, 0.15) is 5.37 Å². The lowest BCUT2D eigenvalue weighted by molar-refractivity contribution is -0.137. The van der Waals surface area contributed by atoms with E-state index in [0.717, 1.165) is 17.7 Å². The minimum atomic E-state index is -4.42. The van der Waals surface area contributed by atoms with Gasteiger partial charge in [0.25, 0.3) is 0 Å². The number of amides is 2. The molecule has 0 spiro atoms. The summed E-state index contributed by atoms with van der Waals surface area (Å²) in [6, 6.07) is 11.6. The lowest BCUT2D eigenvalue weighted by atomic mass is 10.1. The van der Waals surface area contributed by atoms with Crippen molar-refractivity contribution in [3.8, 4) is 0 Å². The van der Waals surface area contributed by atoms with E-state index in [9.17, 15) is 22.8 Å². The van der Waals surface area contributed by atoms with Crippen molar-refractivity contribution in [2.45, 2.75) is 18.5 Å². The normalized spacial score (nSPS) is 17.5. The number of carbonyl (C=O) groups excluding carboxylic acids is 2. The van der Waals surface area contributed by atoms with Crippen LogP contribution < -0.4 is 10.2 Å². The van der Waals surface area contributed by atoms with Gasteiger partial charge in [-0.05, 0) is 42.0 Å². The Labute approximate surface area is 152 Å². The Morgan fingerprint density at radius 1 is 1.19 bits per heavy atom. The number of hydrogen-bond donors (Lipinski definition) is 1. The van der Waals surface area contributed by atoms with Crippen molar-refractivity contribution in [1.82, 2.24) is 0 Å². The van der Waals surface area contributed by atoms with E-state index in [-0.39, 0.29) is 22.9 Å². The Morgan fingerprint density at radius 3 is 2.50 bits per heavy atom. The number of benzene rings is 2. The molecule has 0 radical (unpaired) electrons. The fraction of sp³-hybridized carbons (Fsp3) is 0.222. The smallest absolute Gasteiger partial charge is 0.326 e. The maximum atomic E-state index is 12.7. The predicted molar refractivity (Wildman–Crippen MR) is 94.9 cm³/mol. The molecule has 136 valence electrons. The molecule has 1 saturated heterocycles. The van der Waals surface area contributed by atoms with E-state index >= 15 is 0 Å². The molecule has 8 heteroatoms. The van der Waals surface area contributed by atoms with Crippen molar-refractivity contribution in [3.05, 3.63) is 59.7 Å². The first kappa shape index (κ1) is 18.3. The summed E-state index contributed by atoms with van der Waals surface area (Å²) in [6.07, 6.45) is -4.42. The van der Waals surface area contributed by atoms with Gasteiger partial charge < -0.3 is 5.32 Å². The first-order valence-electron chi connectivity index (χ1n) is 7.74. The second-order valence-electron chi connectivity index (χ2n) is 5.78. The number of alkyl halides is 3. The largest absolute Gasteiger partial charge is 0.416 e. The summed E-state index contributed by atoms with van der Waals surface area (Å²) in [5, 5.41) is 2.31. The zero-order valence-electron chi connectivity index (χ0n) is 13.7. The van der Waals surface area contributed by atoms with Gasteiger partial charge in [-0.25, -0.2) is 0 Å². The molecule has 1 aliphatic heterocycles. The number of carbonyl (C=O) groups is 2. The number of anilines is 2. The van der Waals surface area contributed by atoms with Crippen molar-refractivity contribution in [2.75, 3.05) is 16.0 Å². The topological polar surface area (TPSA) is 49.4 Å². The fourth-order valence-corrected chi connectivity index (χ4v) is 3.90. The molecule has 3 rings (SSSR count).